The molecule has 0 aliphatic carbocycles. The first kappa shape index (κ1) is 12.4. The number of rotatable bonds is 2. The Balaban J connectivity index is 2.16. The van der Waals surface area contributed by atoms with Gasteiger partial charge in [-0.2, -0.15) is 0 Å². The normalized spacial score (nSPS) is 20.4. The number of nitrogens with zero attached hydrogens (tertiary/aromatic N) is 2. The number of hydrogen-bond acceptors (Lipinski definition) is 3. The Bertz CT molecular complexity index is 437. The Morgan fingerprint density at radius 3 is 3.06 bits per heavy atom. The van der Waals surface area contributed by atoms with Crippen molar-refractivity contribution >= 4 is 27.7 Å². The number of hydrogen-bond donors (Lipinski definition) is 1. The van der Waals surface area contributed by atoms with Crippen LogP contribution in [0, 0.1) is 12.8 Å². The van der Waals surface area contributed by atoms with Crippen molar-refractivity contribution in [1.82, 2.24) is 4.98 Å². The molecule has 5 heteroatoms. The Morgan fingerprint density at radius 2 is 2.41 bits per heavy atom. The van der Waals surface area contributed by atoms with Crippen molar-refractivity contribution in [3.05, 3.63) is 22.3 Å². The molecule has 4 nitrogen and oxygen atoms in total. The summed E-state index contributed by atoms with van der Waals surface area (Å²) < 4.78 is 0.980. The smallest absolute Gasteiger partial charge is 0.308 e. The fourth-order valence-corrected chi connectivity index (χ4v) is 2.30. The second kappa shape index (κ2) is 5.04. The van der Waals surface area contributed by atoms with Crippen molar-refractivity contribution in [2.24, 2.45) is 5.92 Å². The molecule has 2 heterocycles. The van der Waals surface area contributed by atoms with E-state index in [0.717, 1.165) is 35.2 Å². The third kappa shape index (κ3) is 2.77. The maximum atomic E-state index is 11.0. The zero-order valence-corrected chi connectivity index (χ0v) is 11.3. The molecule has 1 unspecified atom stereocenters. The number of anilines is 1. The standard InChI is InChI=1S/C12H15BrN2O2/c1-8-5-11(14-6-10(8)13)15-4-2-3-9(7-15)12(16)17/h5-6,9H,2-4,7H2,1H3,(H,16,17). The average Bonchev–Trinajstić information content (AvgIpc) is 2.33. The molecule has 1 N–H and O–H groups in total. The number of halogens is 1. The topological polar surface area (TPSA) is 53.4 Å². The second-order valence-corrected chi connectivity index (χ2v) is 5.27. The molecule has 0 bridgehead atoms. The molecule has 1 fully saturated rings. The summed E-state index contributed by atoms with van der Waals surface area (Å²) in [7, 11) is 0. The van der Waals surface area contributed by atoms with Crippen molar-refractivity contribution in [1.29, 1.82) is 0 Å². The van der Waals surface area contributed by atoms with Gasteiger partial charge in [0, 0.05) is 23.8 Å². The van der Waals surface area contributed by atoms with Gasteiger partial charge in [0.05, 0.1) is 5.92 Å². The lowest BCUT2D eigenvalue weighted by Gasteiger charge is -2.31. The third-order valence-electron chi connectivity index (χ3n) is 3.13. The molecule has 0 spiro atoms. The van der Waals surface area contributed by atoms with E-state index in [2.05, 4.69) is 25.8 Å². The molecule has 92 valence electrons. The summed E-state index contributed by atoms with van der Waals surface area (Å²) in [6.07, 6.45) is 3.45. The van der Waals surface area contributed by atoms with E-state index in [4.69, 9.17) is 5.11 Å². The van der Waals surface area contributed by atoms with Crippen LogP contribution in [-0.2, 0) is 4.79 Å². The number of carboxylic acid groups (broad SMARTS) is 1. The Kier molecular flexibility index (Phi) is 3.66. The summed E-state index contributed by atoms with van der Waals surface area (Å²) >= 11 is 3.41. The van der Waals surface area contributed by atoms with Gasteiger partial charge in [-0.1, -0.05) is 0 Å². The van der Waals surface area contributed by atoms with Gasteiger partial charge in [-0.15, -0.1) is 0 Å². The summed E-state index contributed by atoms with van der Waals surface area (Å²) in [5.41, 5.74) is 1.12. The van der Waals surface area contributed by atoms with Gasteiger partial charge in [0.1, 0.15) is 5.82 Å². The predicted molar refractivity (Wildman–Crippen MR) is 69.2 cm³/mol. The molecular formula is C12H15BrN2O2. The number of aryl methyl sites for hydroxylation is 1. The Labute approximate surface area is 109 Å². The fraction of sp³-hybridized carbons (Fsp3) is 0.500. The van der Waals surface area contributed by atoms with E-state index in [9.17, 15) is 4.79 Å². The summed E-state index contributed by atoms with van der Waals surface area (Å²) in [5, 5.41) is 9.05. The highest BCUT2D eigenvalue weighted by molar-refractivity contribution is 9.10. The van der Waals surface area contributed by atoms with Crippen LogP contribution in [0.2, 0.25) is 0 Å². The van der Waals surface area contributed by atoms with Gasteiger partial charge in [0.15, 0.2) is 0 Å². The van der Waals surface area contributed by atoms with E-state index in [1.165, 1.54) is 0 Å². The molecule has 1 aromatic heterocycles. The third-order valence-corrected chi connectivity index (χ3v) is 3.96. The SMILES string of the molecule is Cc1cc(N2CCCC(C(=O)O)C2)ncc1Br. The van der Waals surface area contributed by atoms with Gasteiger partial charge < -0.3 is 10.0 Å². The molecule has 0 aromatic carbocycles. The zero-order chi connectivity index (χ0) is 12.4. The summed E-state index contributed by atoms with van der Waals surface area (Å²) in [6, 6.07) is 1.99. The molecule has 1 saturated heterocycles. The molecule has 2 rings (SSSR count). The number of aliphatic carboxylic acids is 1. The van der Waals surface area contributed by atoms with Crippen LogP contribution >= 0.6 is 15.9 Å². The van der Waals surface area contributed by atoms with Crippen molar-refractivity contribution in [2.75, 3.05) is 18.0 Å². The second-order valence-electron chi connectivity index (χ2n) is 4.42. The highest BCUT2D eigenvalue weighted by Gasteiger charge is 2.26. The fourth-order valence-electron chi connectivity index (χ4n) is 2.08. The van der Waals surface area contributed by atoms with Crippen LogP contribution in [0.4, 0.5) is 5.82 Å². The van der Waals surface area contributed by atoms with Crippen molar-refractivity contribution in [3.63, 3.8) is 0 Å². The molecule has 1 atom stereocenters. The van der Waals surface area contributed by atoms with E-state index in [-0.39, 0.29) is 5.92 Å². The van der Waals surface area contributed by atoms with Gasteiger partial charge in [0.25, 0.3) is 0 Å². The van der Waals surface area contributed by atoms with Crippen LogP contribution in [0.25, 0.3) is 0 Å². The minimum Gasteiger partial charge on any atom is -0.481 e. The average molecular weight is 299 g/mol. The minimum atomic E-state index is -0.705. The van der Waals surface area contributed by atoms with Crippen LogP contribution in [0.15, 0.2) is 16.7 Å². The van der Waals surface area contributed by atoms with E-state index in [0.29, 0.717) is 6.54 Å². The lowest BCUT2D eigenvalue weighted by atomic mass is 9.98. The monoisotopic (exact) mass is 298 g/mol. The quantitative estimate of drug-likeness (QED) is 0.911. The Morgan fingerprint density at radius 1 is 1.65 bits per heavy atom. The molecule has 0 radical (unpaired) electrons. The zero-order valence-electron chi connectivity index (χ0n) is 9.69. The molecule has 1 aliphatic rings. The first-order valence-corrected chi connectivity index (χ1v) is 6.47. The summed E-state index contributed by atoms with van der Waals surface area (Å²) in [5.74, 6) is -0.102. The summed E-state index contributed by atoms with van der Waals surface area (Å²) in [4.78, 5) is 17.4. The first-order valence-electron chi connectivity index (χ1n) is 5.68. The van der Waals surface area contributed by atoms with Crippen LogP contribution < -0.4 is 4.90 Å². The number of aromatic nitrogens is 1. The summed E-state index contributed by atoms with van der Waals surface area (Å²) in [6.45, 7) is 3.45. The largest absolute Gasteiger partial charge is 0.481 e. The lowest BCUT2D eigenvalue weighted by molar-refractivity contribution is -0.141. The predicted octanol–water partition coefficient (Wildman–Crippen LogP) is 2.45. The van der Waals surface area contributed by atoms with Crippen LogP contribution in [-0.4, -0.2) is 29.1 Å². The van der Waals surface area contributed by atoms with E-state index < -0.39 is 5.97 Å². The highest BCUT2D eigenvalue weighted by atomic mass is 79.9. The number of pyridine rings is 1. The first-order chi connectivity index (χ1) is 8.08. The van der Waals surface area contributed by atoms with Gasteiger partial charge >= 0.3 is 5.97 Å². The van der Waals surface area contributed by atoms with E-state index in [1.807, 2.05) is 13.0 Å². The molecule has 1 aliphatic heterocycles. The van der Waals surface area contributed by atoms with Crippen molar-refractivity contribution in [2.45, 2.75) is 19.8 Å². The molecular weight excluding hydrogens is 284 g/mol. The maximum absolute atomic E-state index is 11.0. The van der Waals surface area contributed by atoms with E-state index >= 15 is 0 Å². The molecule has 0 amide bonds. The van der Waals surface area contributed by atoms with E-state index in [1.54, 1.807) is 6.20 Å². The van der Waals surface area contributed by atoms with Crippen LogP contribution in [0.5, 0.6) is 0 Å². The van der Waals surface area contributed by atoms with Crippen molar-refractivity contribution < 1.29 is 9.90 Å². The number of carbonyl (C=O) groups is 1. The van der Waals surface area contributed by atoms with Crippen molar-refractivity contribution in [3.8, 4) is 0 Å². The molecule has 17 heavy (non-hydrogen) atoms. The van der Waals surface area contributed by atoms with Gasteiger partial charge in [-0.25, -0.2) is 4.98 Å². The molecule has 1 aromatic rings. The minimum absolute atomic E-state index is 0.269. The van der Waals surface area contributed by atoms with Gasteiger partial charge in [-0.05, 0) is 47.3 Å². The molecule has 0 saturated carbocycles. The maximum Gasteiger partial charge on any atom is 0.308 e. The lowest BCUT2D eigenvalue weighted by Crippen LogP contribution is -2.39. The van der Waals surface area contributed by atoms with Crippen LogP contribution in [0.3, 0.4) is 0 Å². The Hall–Kier alpha value is -1.10. The van der Waals surface area contributed by atoms with Gasteiger partial charge in [-0.3, -0.25) is 4.79 Å². The van der Waals surface area contributed by atoms with Gasteiger partial charge in [0.2, 0.25) is 0 Å². The highest BCUT2D eigenvalue weighted by Crippen LogP contribution is 2.24. The number of piperidine rings is 1. The van der Waals surface area contributed by atoms with Crippen LogP contribution in [0.1, 0.15) is 18.4 Å². The number of carboxylic acids is 1.